The van der Waals surface area contributed by atoms with E-state index in [9.17, 15) is 22.8 Å². The van der Waals surface area contributed by atoms with Gasteiger partial charge in [0.2, 0.25) is 11.8 Å². The summed E-state index contributed by atoms with van der Waals surface area (Å²) in [5.41, 5.74) is 4.51. The van der Waals surface area contributed by atoms with Crippen LogP contribution in [0.3, 0.4) is 0 Å². The molecule has 2 unspecified atom stereocenters. The first-order valence-electron chi connectivity index (χ1n) is 10.8. The number of tetrazole rings is 1. The smallest absolute Gasteiger partial charge is 0.370 e. The number of aromatic nitrogens is 4. The molecule has 2 saturated heterocycles. The van der Waals surface area contributed by atoms with Crippen LogP contribution in [0.2, 0.25) is 0 Å². The van der Waals surface area contributed by atoms with Crippen molar-refractivity contribution in [1.82, 2.24) is 25.1 Å². The van der Waals surface area contributed by atoms with Crippen LogP contribution in [0, 0.1) is 29.1 Å². The van der Waals surface area contributed by atoms with Crippen molar-refractivity contribution in [3.05, 3.63) is 35.7 Å². The van der Waals surface area contributed by atoms with Crippen LogP contribution in [0.25, 0.3) is 0 Å². The van der Waals surface area contributed by atoms with Gasteiger partial charge in [0.1, 0.15) is 12.9 Å². The lowest BCUT2D eigenvalue weighted by Crippen LogP contribution is -2.43. The molecule has 2 aliphatic heterocycles. The second-order valence-electron chi connectivity index (χ2n) is 8.64. The minimum Gasteiger partial charge on any atom is -0.370 e. The van der Waals surface area contributed by atoms with Crippen molar-refractivity contribution in [1.29, 1.82) is 5.26 Å². The van der Waals surface area contributed by atoms with E-state index in [1.807, 2.05) is 0 Å². The molecule has 4 rings (SSSR count). The molecule has 0 saturated carbocycles. The Kier molecular flexibility index (Phi) is 6.41. The molecule has 0 aliphatic carbocycles. The molecular weight excluding hydrogens is 453 g/mol. The molecule has 2 amide bonds. The molecule has 2 N–H and O–H groups in total. The van der Waals surface area contributed by atoms with Crippen LogP contribution in [0.1, 0.15) is 24.0 Å². The summed E-state index contributed by atoms with van der Waals surface area (Å²) < 4.78 is 41.6. The van der Waals surface area contributed by atoms with Crippen LogP contribution < -0.4 is 10.6 Å². The summed E-state index contributed by atoms with van der Waals surface area (Å²) in [4.78, 5) is 28.1. The second-order valence-corrected chi connectivity index (χ2v) is 8.64. The fourth-order valence-corrected chi connectivity index (χ4v) is 4.95. The Bertz CT molecular complexity index is 1090. The lowest BCUT2D eigenvalue weighted by atomic mass is 9.78. The molecule has 180 valence electrons. The second kappa shape index (κ2) is 9.28. The third kappa shape index (κ3) is 4.80. The highest BCUT2D eigenvalue weighted by Gasteiger charge is 2.43. The molecule has 0 bridgehead atoms. The predicted octanol–water partition coefficient (Wildman–Crippen LogP) is 1.04. The minimum atomic E-state index is -4.66. The van der Waals surface area contributed by atoms with Gasteiger partial charge < -0.3 is 15.5 Å². The number of hydrogen-bond donors (Lipinski definition) is 1. The molecule has 1 aromatic carbocycles. The number of carbonyl (C=O) groups is 2. The zero-order valence-electron chi connectivity index (χ0n) is 18.1. The first kappa shape index (κ1) is 23.5. The van der Waals surface area contributed by atoms with Crippen LogP contribution in [0.4, 0.5) is 18.9 Å². The molecular formula is C21H23F3N8O2. The van der Waals surface area contributed by atoms with Crippen molar-refractivity contribution in [2.24, 2.45) is 23.5 Å². The number of primary amides is 1. The molecule has 0 spiro atoms. The minimum absolute atomic E-state index is 0.0407. The first-order chi connectivity index (χ1) is 16.2. The Labute approximate surface area is 193 Å². The van der Waals surface area contributed by atoms with E-state index >= 15 is 0 Å². The van der Waals surface area contributed by atoms with Gasteiger partial charge in [0, 0.05) is 31.9 Å². The molecule has 2 fully saturated rings. The normalized spacial score (nSPS) is 21.5. The number of carbonyl (C=O) groups excluding carboxylic acids is 2. The SMILES string of the molecule is N#Cc1ccc(N2CC(C(N)=O)C(C3CCN(C(=O)Cn4cnnn4)CC3)C2)cc1C(F)(F)F. The predicted molar refractivity (Wildman–Crippen MR) is 112 cm³/mol. The summed E-state index contributed by atoms with van der Waals surface area (Å²) >= 11 is 0. The fraction of sp³-hybridized carbons (Fsp3) is 0.524. The van der Waals surface area contributed by atoms with Crippen LogP contribution in [-0.2, 0) is 22.3 Å². The summed E-state index contributed by atoms with van der Waals surface area (Å²) in [7, 11) is 0. The Morgan fingerprint density at radius 1 is 1.21 bits per heavy atom. The Morgan fingerprint density at radius 2 is 1.94 bits per heavy atom. The number of halogens is 3. The first-order valence-corrected chi connectivity index (χ1v) is 10.8. The number of likely N-dealkylation sites (tertiary alicyclic amines) is 1. The van der Waals surface area contributed by atoms with Gasteiger partial charge in [0.25, 0.3) is 0 Å². The summed E-state index contributed by atoms with van der Waals surface area (Å²) in [6, 6.07) is 5.15. The number of nitriles is 1. The highest BCUT2D eigenvalue weighted by Crippen LogP contribution is 2.40. The van der Waals surface area contributed by atoms with E-state index in [-0.39, 0.29) is 30.8 Å². The molecule has 13 heteroatoms. The molecule has 2 atom stereocenters. The van der Waals surface area contributed by atoms with Gasteiger partial charge in [-0.25, -0.2) is 4.68 Å². The summed E-state index contributed by atoms with van der Waals surface area (Å²) in [5, 5.41) is 19.7. The number of nitrogens with two attached hydrogens (primary N) is 1. The van der Waals surface area contributed by atoms with Crippen molar-refractivity contribution < 1.29 is 22.8 Å². The van der Waals surface area contributed by atoms with Crippen molar-refractivity contribution >= 4 is 17.5 Å². The maximum absolute atomic E-state index is 13.4. The van der Waals surface area contributed by atoms with Crippen molar-refractivity contribution in [2.75, 3.05) is 31.1 Å². The molecule has 0 radical (unpaired) electrons. The van der Waals surface area contributed by atoms with Crippen LogP contribution in [0.15, 0.2) is 24.5 Å². The third-order valence-electron chi connectivity index (χ3n) is 6.71. The number of benzene rings is 1. The summed E-state index contributed by atoms with van der Waals surface area (Å²) in [6.45, 7) is 1.63. The maximum Gasteiger partial charge on any atom is 0.417 e. The number of anilines is 1. The Hall–Kier alpha value is -3.69. The van der Waals surface area contributed by atoms with Gasteiger partial charge in [-0.2, -0.15) is 18.4 Å². The van der Waals surface area contributed by atoms with Gasteiger partial charge in [-0.1, -0.05) is 0 Å². The average Bonchev–Trinajstić information content (AvgIpc) is 3.48. The van der Waals surface area contributed by atoms with Crippen LogP contribution >= 0.6 is 0 Å². The Balaban J connectivity index is 1.45. The maximum atomic E-state index is 13.4. The van der Waals surface area contributed by atoms with Gasteiger partial charge >= 0.3 is 6.18 Å². The average molecular weight is 476 g/mol. The zero-order valence-corrected chi connectivity index (χ0v) is 18.1. The molecule has 10 nitrogen and oxygen atoms in total. The number of alkyl halides is 3. The number of piperidine rings is 1. The topological polar surface area (TPSA) is 134 Å². The molecule has 2 aliphatic rings. The number of hydrogen-bond acceptors (Lipinski definition) is 7. The summed E-state index contributed by atoms with van der Waals surface area (Å²) in [6.07, 6.45) is -1.98. The highest BCUT2D eigenvalue weighted by molar-refractivity contribution is 5.79. The monoisotopic (exact) mass is 476 g/mol. The van der Waals surface area contributed by atoms with Gasteiger partial charge in [-0.15, -0.1) is 5.10 Å². The molecule has 1 aromatic heterocycles. The van der Waals surface area contributed by atoms with Crippen LogP contribution in [0.5, 0.6) is 0 Å². The lowest BCUT2D eigenvalue weighted by molar-refractivity contribution is -0.137. The lowest BCUT2D eigenvalue weighted by Gasteiger charge is -2.36. The van der Waals surface area contributed by atoms with E-state index in [4.69, 9.17) is 11.0 Å². The van der Waals surface area contributed by atoms with E-state index in [1.54, 1.807) is 15.9 Å². The largest absolute Gasteiger partial charge is 0.417 e. The zero-order chi connectivity index (χ0) is 24.5. The summed E-state index contributed by atoms with van der Waals surface area (Å²) in [5.74, 6) is -1.16. The number of nitrogens with zero attached hydrogens (tertiary/aromatic N) is 7. The van der Waals surface area contributed by atoms with Crippen molar-refractivity contribution in [2.45, 2.75) is 25.6 Å². The van der Waals surface area contributed by atoms with Gasteiger partial charge in [0.05, 0.1) is 23.1 Å². The third-order valence-corrected chi connectivity index (χ3v) is 6.71. The Morgan fingerprint density at radius 3 is 2.53 bits per heavy atom. The van der Waals surface area contributed by atoms with E-state index in [0.717, 1.165) is 12.1 Å². The van der Waals surface area contributed by atoms with Crippen molar-refractivity contribution in [3.63, 3.8) is 0 Å². The highest BCUT2D eigenvalue weighted by atomic mass is 19.4. The van der Waals surface area contributed by atoms with E-state index < -0.39 is 29.1 Å². The quantitative estimate of drug-likeness (QED) is 0.681. The number of rotatable bonds is 5. The van der Waals surface area contributed by atoms with Gasteiger partial charge in [0.15, 0.2) is 0 Å². The van der Waals surface area contributed by atoms with E-state index in [2.05, 4.69) is 15.5 Å². The van der Waals surface area contributed by atoms with E-state index in [1.165, 1.54) is 17.1 Å². The molecule has 34 heavy (non-hydrogen) atoms. The number of amides is 2. The standard InChI is InChI=1S/C21H23F3N8O2/c22-21(23,24)18-7-15(2-1-14(18)8-25)31-9-16(17(10-31)20(26)34)13-3-5-30(6-4-13)19(33)11-32-12-27-28-29-32/h1-2,7,12-13,16-17H,3-6,9-11H2,(H2,26,34). The van der Waals surface area contributed by atoms with E-state index in [0.29, 0.717) is 38.2 Å². The fourth-order valence-electron chi connectivity index (χ4n) is 4.95. The molecule has 2 aromatic rings. The van der Waals surface area contributed by atoms with Crippen molar-refractivity contribution in [3.8, 4) is 6.07 Å². The van der Waals surface area contributed by atoms with Crippen LogP contribution in [-0.4, -0.2) is 63.1 Å². The molecule has 3 heterocycles. The van der Waals surface area contributed by atoms with Gasteiger partial charge in [-0.3, -0.25) is 9.59 Å². The van der Waals surface area contributed by atoms with Gasteiger partial charge in [-0.05, 0) is 53.3 Å².